The minimum Gasteiger partial charge on any atom is -0.453 e. The molecule has 4 heterocycles. The molecule has 0 unspecified atom stereocenters. The molecule has 0 saturated carbocycles. The zero-order valence-electron chi connectivity index (χ0n) is 32.3. The van der Waals surface area contributed by atoms with Crippen molar-refractivity contribution in [2.45, 2.75) is 65.1 Å². The van der Waals surface area contributed by atoms with Gasteiger partial charge in [0.15, 0.2) is 0 Å². The van der Waals surface area contributed by atoms with Gasteiger partial charge in [-0.1, -0.05) is 52.0 Å². The number of anilines is 1. The van der Waals surface area contributed by atoms with E-state index in [9.17, 15) is 19.2 Å². The van der Waals surface area contributed by atoms with Crippen LogP contribution in [0, 0.1) is 17.8 Å². The number of aromatic amines is 1. The molecule has 0 spiro atoms. The number of benzene rings is 2. The SMILES string of the molecule is COC(=O)N[C@H](C(=O)N1CC[C@H](CNc2ncc(-c3ccc4cc(-c5cnc([C@H]6CCCN6C(=O)[C@H](NC(=O)OC)C(C)C)[nH]5)ccc4c3)cn2)C1)C(C)C. The van der Waals surface area contributed by atoms with Gasteiger partial charge in [-0.05, 0) is 65.5 Å². The van der Waals surface area contributed by atoms with Crippen molar-refractivity contribution in [1.29, 1.82) is 0 Å². The summed E-state index contributed by atoms with van der Waals surface area (Å²) >= 11 is 0. The maximum atomic E-state index is 13.5. The van der Waals surface area contributed by atoms with Gasteiger partial charge in [0.25, 0.3) is 0 Å². The Hall–Kier alpha value is -5.73. The number of nitrogens with zero attached hydrogens (tertiary/aromatic N) is 5. The number of ether oxygens (including phenoxy) is 2. The van der Waals surface area contributed by atoms with Gasteiger partial charge in [-0.25, -0.2) is 24.5 Å². The predicted octanol–water partition coefficient (Wildman–Crippen LogP) is 5.37. The molecule has 2 aliphatic heterocycles. The van der Waals surface area contributed by atoms with E-state index in [4.69, 9.17) is 9.47 Å². The number of H-pyrrole nitrogens is 1. The summed E-state index contributed by atoms with van der Waals surface area (Å²) in [6.45, 7) is 10.0. The molecular formula is C40H51N9O6. The Labute approximate surface area is 321 Å². The average Bonchev–Trinajstić information content (AvgIpc) is 3.99. The van der Waals surface area contributed by atoms with E-state index in [1.807, 2.05) is 32.6 Å². The van der Waals surface area contributed by atoms with Gasteiger partial charge in [-0.2, -0.15) is 0 Å². The van der Waals surface area contributed by atoms with Gasteiger partial charge >= 0.3 is 12.2 Å². The lowest BCUT2D eigenvalue weighted by atomic mass is 10.0. The molecule has 2 aromatic heterocycles. The van der Waals surface area contributed by atoms with E-state index in [1.54, 1.807) is 23.5 Å². The highest BCUT2D eigenvalue weighted by Gasteiger charge is 2.38. The molecule has 55 heavy (non-hydrogen) atoms. The van der Waals surface area contributed by atoms with Gasteiger partial charge < -0.3 is 40.2 Å². The first kappa shape index (κ1) is 39.0. The van der Waals surface area contributed by atoms with E-state index in [0.717, 1.165) is 58.2 Å². The number of amides is 4. The quantitative estimate of drug-likeness (QED) is 0.147. The number of imidazole rings is 1. The number of likely N-dealkylation sites (tertiary alicyclic amines) is 2. The van der Waals surface area contributed by atoms with E-state index < -0.39 is 24.3 Å². The van der Waals surface area contributed by atoms with Crippen LogP contribution in [0.4, 0.5) is 15.5 Å². The van der Waals surface area contributed by atoms with Gasteiger partial charge in [-0.15, -0.1) is 0 Å². The van der Waals surface area contributed by atoms with Crippen molar-refractivity contribution >= 4 is 40.7 Å². The van der Waals surface area contributed by atoms with Crippen LogP contribution in [0.5, 0.6) is 0 Å². The number of hydrogen-bond acceptors (Lipinski definition) is 10. The lowest BCUT2D eigenvalue weighted by Crippen LogP contribution is -2.51. The Morgan fingerprint density at radius 3 is 2.04 bits per heavy atom. The highest BCUT2D eigenvalue weighted by Crippen LogP contribution is 2.34. The first-order valence-electron chi connectivity index (χ1n) is 18.9. The maximum Gasteiger partial charge on any atom is 0.407 e. The van der Waals surface area contributed by atoms with Gasteiger partial charge in [0.2, 0.25) is 17.8 Å². The number of rotatable bonds is 12. The third kappa shape index (κ3) is 8.98. The Bertz CT molecular complexity index is 2000. The number of hydrogen-bond donors (Lipinski definition) is 4. The third-order valence-corrected chi connectivity index (χ3v) is 10.5. The fourth-order valence-electron chi connectivity index (χ4n) is 7.34. The van der Waals surface area contributed by atoms with Crippen molar-refractivity contribution < 1.29 is 28.7 Å². The van der Waals surface area contributed by atoms with Crippen LogP contribution in [0.3, 0.4) is 0 Å². The summed E-state index contributed by atoms with van der Waals surface area (Å²) in [7, 11) is 2.58. The second kappa shape index (κ2) is 17.2. The molecule has 4 atom stereocenters. The third-order valence-electron chi connectivity index (χ3n) is 10.5. The second-order valence-corrected chi connectivity index (χ2v) is 15.0. The Morgan fingerprint density at radius 2 is 1.40 bits per heavy atom. The van der Waals surface area contributed by atoms with E-state index in [-0.39, 0.29) is 35.6 Å². The normalized spacial score (nSPS) is 18.0. The van der Waals surface area contributed by atoms with Crippen molar-refractivity contribution in [2.75, 3.05) is 45.7 Å². The van der Waals surface area contributed by atoms with Crippen LogP contribution in [-0.4, -0.2) is 106 Å². The predicted molar refractivity (Wildman–Crippen MR) is 208 cm³/mol. The van der Waals surface area contributed by atoms with Gasteiger partial charge in [0.05, 0.1) is 32.2 Å². The number of nitrogens with one attached hydrogen (secondary N) is 4. The zero-order chi connectivity index (χ0) is 39.2. The lowest BCUT2D eigenvalue weighted by Gasteiger charge is -2.30. The lowest BCUT2D eigenvalue weighted by molar-refractivity contribution is -0.135. The summed E-state index contributed by atoms with van der Waals surface area (Å²) in [5, 5.41) is 10.8. The minimum absolute atomic E-state index is 0.0650. The molecular weight excluding hydrogens is 702 g/mol. The van der Waals surface area contributed by atoms with Gasteiger partial charge in [-0.3, -0.25) is 9.59 Å². The molecule has 0 radical (unpaired) electrons. The fourth-order valence-corrected chi connectivity index (χ4v) is 7.34. The summed E-state index contributed by atoms with van der Waals surface area (Å²) in [5.74, 6) is 1.07. The molecule has 2 saturated heterocycles. The summed E-state index contributed by atoms with van der Waals surface area (Å²) in [4.78, 5) is 71.2. The topological polar surface area (TPSA) is 184 Å². The van der Waals surface area contributed by atoms with Crippen LogP contribution in [0.25, 0.3) is 33.2 Å². The number of methoxy groups -OCH3 is 2. The number of alkyl carbamates (subject to hydrolysis) is 2. The van der Waals surface area contributed by atoms with Crippen LogP contribution in [0.1, 0.15) is 58.8 Å². The maximum absolute atomic E-state index is 13.5. The summed E-state index contributed by atoms with van der Waals surface area (Å²) < 4.78 is 9.46. The van der Waals surface area contributed by atoms with Crippen molar-refractivity contribution in [2.24, 2.45) is 17.8 Å². The van der Waals surface area contributed by atoms with Crippen molar-refractivity contribution in [1.82, 2.24) is 40.4 Å². The Kier molecular flexibility index (Phi) is 12.2. The smallest absolute Gasteiger partial charge is 0.407 e. The van der Waals surface area contributed by atoms with Crippen LogP contribution < -0.4 is 16.0 Å². The summed E-state index contributed by atoms with van der Waals surface area (Å²) in [6, 6.07) is 11.0. The molecule has 0 aliphatic carbocycles. The average molecular weight is 754 g/mol. The van der Waals surface area contributed by atoms with Crippen molar-refractivity contribution in [3.63, 3.8) is 0 Å². The molecule has 4 amide bonds. The fraction of sp³-hybridized carbons (Fsp3) is 0.475. The highest BCUT2D eigenvalue weighted by molar-refractivity contribution is 5.90. The molecule has 292 valence electrons. The van der Waals surface area contributed by atoms with E-state index in [2.05, 4.69) is 72.3 Å². The zero-order valence-corrected chi connectivity index (χ0v) is 32.3. The van der Waals surface area contributed by atoms with Crippen LogP contribution in [0.15, 0.2) is 55.0 Å². The molecule has 15 heteroatoms. The van der Waals surface area contributed by atoms with E-state index in [0.29, 0.717) is 32.1 Å². The molecule has 15 nitrogen and oxygen atoms in total. The molecule has 2 aromatic carbocycles. The summed E-state index contributed by atoms with van der Waals surface area (Å²) in [5.41, 5.74) is 3.72. The van der Waals surface area contributed by atoms with Crippen LogP contribution in [0.2, 0.25) is 0 Å². The molecule has 6 rings (SSSR count). The molecule has 4 N–H and O–H groups in total. The molecule has 2 aliphatic rings. The highest BCUT2D eigenvalue weighted by atomic mass is 16.5. The van der Waals surface area contributed by atoms with Gasteiger partial charge in [0, 0.05) is 49.7 Å². The summed E-state index contributed by atoms with van der Waals surface area (Å²) in [6.07, 6.45) is 6.65. The Balaban J connectivity index is 1.06. The minimum atomic E-state index is -0.689. The molecule has 4 aromatic rings. The van der Waals surface area contributed by atoms with E-state index >= 15 is 0 Å². The standard InChI is InChI=1S/C40H51N9O6/c1-23(2)33(46-39(52)54-5)36(50)48-15-13-25(22-48)18-42-38-43-19-30(20-44-38)28-10-9-27-17-29(12-11-26(27)16-28)31-21-41-35(45-31)32-8-7-14-49(32)37(51)34(24(3)4)47-40(53)55-6/h9-12,16-17,19-21,23-25,32-34H,7-8,13-15,18,22H2,1-6H3,(H,41,45)(H,46,52)(H,47,53)(H,42,43,44)/t25-,32-,33+,34-/m1/s1. The molecule has 0 bridgehead atoms. The van der Waals surface area contributed by atoms with Crippen LogP contribution >= 0.6 is 0 Å². The second-order valence-electron chi connectivity index (χ2n) is 15.0. The van der Waals surface area contributed by atoms with E-state index in [1.165, 1.54) is 14.2 Å². The number of fused-ring (bicyclic) bond motifs is 1. The largest absolute Gasteiger partial charge is 0.453 e. The Morgan fingerprint density at radius 1 is 0.782 bits per heavy atom. The first-order chi connectivity index (χ1) is 26.4. The monoisotopic (exact) mass is 753 g/mol. The molecule has 2 fully saturated rings. The van der Waals surface area contributed by atoms with Gasteiger partial charge in [0.1, 0.15) is 17.9 Å². The van der Waals surface area contributed by atoms with Crippen molar-refractivity contribution in [3.05, 3.63) is 60.8 Å². The van der Waals surface area contributed by atoms with Crippen LogP contribution in [-0.2, 0) is 19.1 Å². The number of carbonyl (C=O) groups excluding carboxylic acids is 4. The number of aromatic nitrogens is 4. The van der Waals surface area contributed by atoms with Crippen molar-refractivity contribution in [3.8, 4) is 22.4 Å². The first-order valence-corrected chi connectivity index (χ1v) is 18.9. The number of carbonyl (C=O) groups is 4.